The molecule has 3 heterocycles. The predicted molar refractivity (Wildman–Crippen MR) is 125 cm³/mol. The number of fused-ring (bicyclic) bond motifs is 1. The van der Waals surface area contributed by atoms with E-state index in [1.807, 2.05) is 6.92 Å². The van der Waals surface area contributed by atoms with E-state index in [0.29, 0.717) is 58.5 Å². The van der Waals surface area contributed by atoms with Gasteiger partial charge in [-0.25, -0.2) is 0 Å². The largest absolute Gasteiger partial charge is 0.497 e. The zero-order valence-electron chi connectivity index (χ0n) is 19.0. The van der Waals surface area contributed by atoms with Gasteiger partial charge in [-0.05, 0) is 55.2 Å². The molecule has 1 atom stereocenters. The number of ether oxygens (including phenoxy) is 1. The van der Waals surface area contributed by atoms with Crippen LogP contribution in [-0.4, -0.2) is 39.2 Å². The highest BCUT2D eigenvalue weighted by atomic mass is 79.9. The van der Waals surface area contributed by atoms with Crippen molar-refractivity contribution in [1.29, 1.82) is 0 Å². The Hall–Kier alpha value is -2.88. The van der Waals surface area contributed by atoms with Crippen LogP contribution in [-0.2, 0) is 24.5 Å². The standard InChI is InChI=1S/C24H24BrF3N4O2/c1-4-31-13-20(22(30-31)24(26,27)28)18-9-15(12-25)10-19-17(18)6-8-32(23(19)33)14(2)21-11-16(34-3)5-7-29-21/h5,7,9-11,13-14H,4,6,8,12H2,1-3H3/t14-/m0/s1. The number of aryl methyl sites for hydroxylation is 1. The van der Waals surface area contributed by atoms with Gasteiger partial charge < -0.3 is 9.64 Å². The molecule has 2 aromatic heterocycles. The van der Waals surface area contributed by atoms with E-state index in [2.05, 4.69) is 26.0 Å². The summed E-state index contributed by atoms with van der Waals surface area (Å²) in [7, 11) is 1.56. The maximum atomic E-state index is 13.8. The van der Waals surface area contributed by atoms with Crippen molar-refractivity contribution in [2.24, 2.45) is 0 Å². The van der Waals surface area contributed by atoms with Gasteiger partial charge in [0.05, 0.1) is 18.8 Å². The van der Waals surface area contributed by atoms with E-state index in [-0.39, 0.29) is 17.5 Å². The third-order valence-electron chi connectivity index (χ3n) is 6.09. The third-order valence-corrected chi connectivity index (χ3v) is 6.73. The predicted octanol–water partition coefficient (Wildman–Crippen LogP) is 5.65. The van der Waals surface area contributed by atoms with Crippen LogP contribution in [0.2, 0.25) is 0 Å². The van der Waals surface area contributed by atoms with E-state index < -0.39 is 11.9 Å². The second kappa shape index (κ2) is 9.40. The lowest BCUT2D eigenvalue weighted by molar-refractivity contribution is -0.141. The summed E-state index contributed by atoms with van der Waals surface area (Å²) in [6.07, 6.45) is -1.15. The number of pyridine rings is 1. The zero-order valence-corrected chi connectivity index (χ0v) is 20.6. The molecule has 0 fully saturated rings. The molecule has 0 unspecified atom stereocenters. The highest BCUT2D eigenvalue weighted by Gasteiger charge is 2.39. The molecule has 3 aromatic rings. The molecule has 0 saturated carbocycles. The van der Waals surface area contributed by atoms with E-state index in [1.165, 1.54) is 10.9 Å². The molecule has 0 N–H and O–H groups in total. The lowest BCUT2D eigenvalue weighted by Crippen LogP contribution is -2.40. The number of carbonyl (C=O) groups is 1. The fraction of sp³-hybridized carbons (Fsp3) is 0.375. The van der Waals surface area contributed by atoms with Crippen molar-refractivity contribution in [3.05, 3.63) is 64.7 Å². The molecule has 34 heavy (non-hydrogen) atoms. The second-order valence-corrected chi connectivity index (χ2v) is 8.65. The molecule has 180 valence electrons. The Morgan fingerprint density at radius 3 is 2.59 bits per heavy atom. The highest BCUT2D eigenvalue weighted by Crippen LogP contribution is 2.41. The number of hydrogen-bond donors (Lipinski definition) is 0. The van der Waals surface area contributed by atoms with Gasteiger partial charge in [-0.2, -0.15) is 18.3 Å². The molecule has 4 rings (SSSR count). The van der Waals surface area contributed by atoms with Gasteiger partial charge in [0.25, 0.3) is 5.91 Å². The molecule has 10 heteroatoms. The van der Waals surface area contributed by atoms with E-state index in [0.717, 1.165) is 0 Å². The van der Waals surface area contributed by atoms with E-state index in [4.69, 9.17) is 4.74 Å². The molecular formula is C24H24BrF3N4O2. The Morgan fingerprint density at radius 2 is 1.94 bits per heavy atom. The molecule has 1 aromatic carbocycles. The molecule has 1 amide bonds. The molecule has 0 radical (unpaired) electrons. The molecule has 0 spiro atoms. The number of alkyl halides is 4. The van der Waals surface area contributed by atoms with E-state index in [9.17, 15) is 18.0 Å². The number of aromatic nitrogens is 3. The monoisotopic (exact) mass is 536 g/mol. The highest BCUT2D eigenvalue weighted by molar-refractivity contribution is 9.08. The normalized spacial score (nSPS) is 14.8. The van der Waals surface area contributed by atoms with Gasteiger partial charge in [0, 0.05) is 48.0 Å². The number of hydrogen-bond acceptors (Lipinski definition) is 4. The molecule has 6 nitrogen and oxygen atoms in total. The van der Waals surface area contributed by atoms with Gasteiger partial charge in [-0.3, -0.25) is 14.5 Å². The Kier molecular flexibility index (Phi) is 6.71. The number of halogens is 4. The number of carbonyl (C=O) groups excluding carboxylic acids is 1. The van der Waals surface area contributed by atoms with Gasteiger partial charge in [0.1, 0.15) is 5.75 Å². The number of nitrogens with zero attached hydrogens (tertiary/aromatic N) is 4. The van der Waals surface area contributed by atoms with Crippen molar-refractivity contribution >= 4 is 21.8 Å². The smallest absolute Gasteiger partial charge is 0.435 e. The summed E-state index contributed by atoms with van der Waals surface area (Å²) in [5.41, 5.74) is 1.87. The van der Waals surface area contributed by atoms with Gasteiger partial charge in [0.15, 0.2) is 5.69 Å². The second-order valence-electron chi connectivity index (χ2n) is 8.09. The van der Waals surface area contributed by atoms with Gasteiger partial charge in [-0.1, -0.05) is 15.9 Å². The number of amides is 1. The molecule has 0 saturated heterocycles. The Balaban J connectivity index is 1.80. The Labute approximate surface area is 203 Å². The minimum Gasteiger partial charge on any atom is -0.497 e. The van der Waals surface area contributed by atoms with Crippen LogP contribution < -0.4 is 4.74 Å². The minimum absolute atomic E-state index is 0.00263. The van der Waals surface area contributed by atoms with Crippen LogP contribution in [0.4, 0.5) is 13.2 Å². The van der Waals surface area contributed by atoms with Crippen LogP contribution in [0.3, 0.4) is 0 Å². The maximum Gasteiger partial charge on any atom is 0.435 e. The Morgan fingerprint density at radius 1 is 1.21 bits per heavy atom. The van der Waals surface area contributed by atoms with Crippen molar-refractivity contribution in [2.75, 3.05) is 13.7 Å². The van der Waals surface area contributed by atoms with Crippen LogP contribution in [0.1, 0.15) is 52.8 Å². The number of rotatable bonds is 6. The minimum atomic E-state index is -4.61. The first-order valence-electron chi connectivity index (χ1n) is 10.9. The summed E-state index contributed by atoms with van der Waals surface area (Å²) in [5.74, 6) is 0.400. The van der Waals surface area contributed by atoms with Crippen molar-refractivity contribution in [3.63, 3.8) is 0 Å². The summed E-state index contributed by atoms with van der Waals surface area (Å²) in [4.78, 5) is 19.7. The summed E-state index contributed by atoms with van der Waals surface area (Å²) in [6, 6.07) is 6.65. The van der Waals surface area contributed by atoms with Crippen molar-refractivity contribution < 1.29 is 22.7 Å². The summed E-state index contributed by atoms with van der Waals surface area (Å²) >= 11 is 3.39. The lowest BCUT2D eigenvalue weighted by atomic mass is 9.88. The maximum absolute atomic E-state index is 13.8. The van der Waals surface area contributed by atoms with Crippen LogP contribution in [0, 0.1) is 0 Å². The van der Waals surface area contributed by atoms with Crippen molar-refractivity contribution in [2.45, 2.75) is 44.4 Å². The van der Waals surface area contributed by atoms with E-state index in [1.54, 1.807) is 49.4 Å². The van der Waals surface area contributed by atoms with Gasteiger partial charge in [0.2, 0.25) is 0 Å². The van der Waals surface area contributed by atoms with E-state index >= 15 is 0 Å². The van der Waals surface area contributed by atoms with Crippen LogP contribution in [0.15, 0.2) is 36.7 Å². The summed E-state index contributed by atoms with van der Waals surface area (Å²) in [5, 5.41) is 4.16. The first kappa shape index (κ1) is 24.3. The molecule has 0 bridgehead atoms. The fourth-order valence-electron chi connectivity index (χ4n) is 4.30. The molecule has 0 aliphatic carbocycles. The van der Waals surface area contributed by atoms with Gasteiger partial charge >= 0.3 is 6.18 Å². The average molecular weight is 537 g/mol. The first-order chi connectivity index (χ1) is 16.2. The SMILES string of the molecule is CCn1cc(-c2cc(CBr)cc3c2CCN([C@@H](C)c2cc(OC)ccn2)C3=O)c(C(F)(F)F)n1. The van der Waals surface area contributed by atoms with Crippen LogP contribution in [0.5, 0.6) is 5.75 Å². The topological polar surface area (TPSA) is 60.2 Å². The molecule has 1 aliphatic heterocycles. The molecular weight excluding hydrogens is 513 g/mol. The summed E-state index contributed by atoms with van der Waals surface area (Å²) < 4.78 is 48.0. The number of benzene rings is 1. The quantitative estimate of drug-likeness (QED) is 0.382. The number of methoxy groups -OCH3 is 1. The molecule has 1 aliphatic rings. The lowest BCUT2D eigenvalue weighted by Gasteiger charge is -2.34. The Bertz CT molecular complexity index is 1230. The zero-order chi connectivity index (χ0) is 24.6. The summed E-state index contributed by atoms with van der Waals surface area (Å²) in [6.45, 7) is 4.28. The fourth-order valence-corrected chi connectivity index (χ4v) is 4.62. The van der Waals surface area contributed by atoms with Gasteiger partial charge in [-0.15, -0.1) is 0 Å². The van der Waals surface area contributed by atoms with Crippen molar-refractivity contribution in [3.8, 4) is 16.9 Å². The average Bonchev–Trinajstić information content (AvgIpc) is 3.28. The third kappa shape index (κ3) is 4.43. The van der Waals surface area contributed by atoms with Crippen LogP contribution in [0.25, 0.3) is 11.1 Å². The van der Waals surface area contributed by atoms with Crippen LogP contribution >= 0.6 is 15.9 Å². The first-order valence-corrected chi connectivity index (χ1v) is 12.0. The van der Waals surface area contributed by atoms with Crippen molar-refractivity contribution in [1.82, 2.24) is 19.7 Å².